The molecule has 1 amide bonds. The third kappa shape index (κ3) is 5.20. The van der Waals surface area contributed by atoms with E-state index in [4.69, 9.17) is 15.1 Å². The second-order valence-electron chi connectivity index (χ2n) is 4.31. The fourth-order valence-corrected chi connectivity index (χ4v) is 0.896. The van der Waals surface area contributed by atoms with Crippen molar-refractivity contribution >= 4 is 12.1 Å². The first-order chi connectivity index (χ1) is 7.17. The van der Waals surface area contributed by atoms with Crippen molar-refractivity contribution in [2.45, 2.75) is 39.3 Å². The molecule has 0 spiro atoms. The number of nitriles is 1. The Morgan fingerprint density at radius 2 is 2.00 bits per heavy atom. The second-order valence-corrected chi connectivity index (χ2v) is 4.31. The predicted octanol–water partition coefficient (Wildman–Crippen LogP) is 1.22. The van der Waals surface area contributed by atoms with Crippen molar-refractivity contribution in [1.82, 2.24) is 4.90 Å². The topological polar surface area (TPSA) is 90.6 Å². The molecule has 0 saturated heterocycles. The van der Waals surface area contributed by atoms with E-state index in [-0.39, 0.29) is 0 Å². The zero-order chi connectivity index (χ0) is 12.9. The molecule has 1 unspecified atom stereocenters. The molecule has 1 N–H and O–H groups in total. The van der Waals surface area contributed by atoms with Crippen molar-refractivity contribution in [3.63, 3.8) is 0 Å². The number of carbonyl (C=O) groups is 2. The highest BCUT2D eigenvalue weighted by Gasteiger charge is 2.27. The lowest BCUT2D eigenvalue weighted by atomic mass is 10.2. The van der Waals surface area contributed by atoms with E-state index in [2.05, 4.69) is 0 Å². The molecule has 0 aliphatic heterocycles. The van der Waals surface area contributed by atoms with Gasteiger partial charge in [0, 0.05) is 0 Å². The van der Waals surface area contributed by atoms with Gasteiger partial charge in [0.2, 0.25) is 0 Å². The van der Waals surface area contributed by atoms with Crippen LogP contribution >= 0.6 is 0 Å². The predicted molar refractivity (Wildman–Crippen MR) is 55.7 cm³/mol. The Labute approximate surface area is 94.4 Å². The Morgan fingerprint density at radius 3 is 2.31 bits per heavy atom. The van der Waals surface area contributed by atoms with Gasteiger partial charge in [-0.05, 0) is 27.7 Å². The number of carbonyl (C=O) groups excluding carboxylic acids is 1. The third-order valence-electron chi connectivity index (χ3n) is 1.59. The van der Waals surface area contributed by atoms with Crippen LogP contribution in [0.2, 0.25) is 0 Å². The van der Waals surface area contributed by atoms with Crippen molar-refractivity contribution in [2.75, 3.05) is 6.54 Å². The van der Waals surface area contributed by atoms with Crippen LogP contribution in [0.1, 0.15) is 27.7 Å². The van der Waals surface area contributed by atoms with E-state index in [9.17, 15) is 9.59 Å². The van der Waals surface area contributed by atoms with Crippen LogP contribution in [-0.2, 0) is 9.53 Å². The molecule has 0 heterocycles. The van der Waals surface area contributed by atoms with Gasteiger partial charge in [-0.2, -0.15) is 5.26 Å². The van der Waals surface area contributed by atoms with Crippen LogP contribution in [-0.4, -0.2) is 40.3 Å². The molecule has 6 nitrogen and oxygen atoms in total. The highest BCUT2D eigenvalue weighted by Crippen LogP contribution is 2.11. The summed E-state index contributed by atoms with van der Waals surface area (Å²) in [5, 5.41) is 17.3. The van der Waals surface area contributed by atoms with Crippen molar-refractivity contribution < 1.29 is 19.4 Å². The van der Waals surface area contributed by atoms with Crippen LogP contribution < -0.4 is 0 Å². The smallest absolute Gasteiger partial charge is 0.411 e. The Hall–Kier alpha value is -1.77. The Bertz CT molecular complexity index is 314. The summed E-state index contributed by atoms with van der Waals surface area (Å²) in [4.78, 5) is 23.0. The number of hydrogen-bond acceptors (Lipinski definition) is 4. The summed E-state index contributed by atoms with van der Waals surface area (Å²) < 4.78 is 5.00. The van der Waals surface area contributed by atoms with Crippen molar-refractivity contribution in [3.8, 4) is 6.07 Å². The molecule has 0 aromatic carbocycles. The third-order valence-corrected chi connectivity index (χ3v) is 1.59. The van der Waals surface area contributed by atoms with Gasteiger partial charge in [0.15, 0.2) is 0 Å². The summed E-state index contributed by atoms with van der Waals surface area (Å²) in [6.07, 6.45) is -0.802. The van der Waals surface area contributed by atoms with Gasteiger partial charge in [0.1, 0.15) is 18.2 Å². The van der Waals surface area contributed by atoms with E-state index < -0.39 is 30.3 Å². The molecular formula is C10H16N2O4. The molecule has 0 radical (unpaired) electrons. The molecule has 0 rings (SSSR count). The summed E-state index contributed by atoms with van der Waals surface area (Å²) in [7, 11) is 0. The number of carboxylic acid groups (broad SMARTS) is 1. The standard InChI is InChI=1S/C10H16N2O4/c1-7(5-11)12(6-8(13)14)9(15)16-10(2,3)4/h7H,6H2,1-4H3,(H,13,14). The van der Waals surface area contributed by atoms with Crippen molar-refractivity contribution in [2.24, 2.45) is 0 Å². The number of carboxylic acids is 1. The summed E-state index contributed by atoms with van der Waals surface area (Å²) in [6, 6.07) is 0.957. The maximum absolute atomic E-state index is 11.6. The molecule has 0 aromatic heterocycles. The molecule has 0 aliphatic carbocycles. The fraction of sp³-hybridized carbons (Fsp3) is 0.700. The maximum Gasteiger partial charge on any atom is 0.411 e. The number of aliphatic carboxylic acids is 1. The zero-order valence-corrected chi connectivity index (χ0v) is 9.85. The minimum atomic E-state index is -1.19. The Balaban J connectivity index is 4.71. The van der Waals surface area contributed by atoms with Crippen LogP contribution in [0.3, 0.4) is 0 Å². The molecule has 16 heavy (non-hydrogen) atoms. The van der Waals surface area contributed by atoms with Gasteiger partial charge in [0.05, 0.1) is 6.07 Å². The van der Waals surface area contributed by atoms with E-state index in [0.717, 1.165) is 4.90 Å². The van der Waals surface area contributed by atoms with Crippen LogP contribution in [0, 0.1) is 11.3 Å². The van der Waals surface area contributed by atoms with Crippen molar-refractivity contribution in [3.05, 3.63) is 0 Å². The number of amides is 1. The van der Waals surface area contributed by atoms with E-state index in [1.54, 1.807) is 26.8 Å². The highest BCUT2D eigenvalue weighted by atomic mass is 16.6. The first-order valence-corrected chi connectivity index (χ1v) is 4.78. The Kier molecular flexibility index (Phi) is 4.76. The first kappa shape index (κ1) is 14.2. The highest BCUT2D eigenvalue weighted by molar-refractivity contribution is 5.77. The second kappa shape index (κ2) is 5.35. The number of rotatable bonds is 3. The largest absolute Gasteiger partial charge is 0.480 e. The molecule has 1 atom stereocenters. The van der Waals surface area contributed by atoms with Crippen LogP contribution in [0.5, 0.6) is 0 Å². The van der Waals surface area contributed by atoms with Gasteiger partial charge in [-0.15, -0.1) is 0 Å². The minimum absolute atomic E-state index is 0.552. The summed E-state index contributed by atoms with van der Waals surface area (Å²) in [6.45, 7) is 5.89. The van der Waals surface area contributed by atoms with E-state index >= 15 is 0 Å². The first-order valence-electron chi connectivity index (χ1n) is 4.78. The number of hydrogen-bond donors (Lipinski definition) is 1. The molecule has 0 bridgehead atoms. The summed E-state index contributed by atoms with van der Waals surface area (Å²) in [5.74, 6) is -1.19. The van der Waals surface area contributed by atoms with Crippen LogP contribution in [0.15, 0.2) is 0 Å². The Morgan fingerprint density at radius 1 is 1.50 bits per heavy atom. The van der Waals surface area contributed by atoms with Gasteiger partial charge in [-0.1, -0.05) is 0 Å². The monoisotopic (exact) mass is 228 g/mol. The number of ether oxygens (including phenoxy) is 1. The van der Waals surface area contributed by atoms with Crippen molar-refractivity contribution in [1.29, 1.82) is 5.26 Å². The molecule has 90 valence electrons. The number of nitrogens with zero attached hydrogens (tertiary/aromatic N) is 2. The van der Waals surface area contributed by atoms with Gasteiger partial charge in [0.25, 0.3) is 0 Å². The molecule has 0 fully saturated rings. The van der Waals surface area contributed by atoms with Crippen LogP contribution in [0.4, 0.5) is 4.79 Å². The molecule has 6 heteroatoms. The van der Waals surface area contributed by atoms with E-state index in [1.807, 2.05) is 0 Å². The molecule has 0 aromatic rings. The summed E-state index contributed by atoms with van der Waals surface area (Å²) in [5.41, 5.74) is -0.719. The maximum atomic E-state index is 11.6. The van der Waals surface area contributed by atoms with Gasteiger partial charge in [-0.3, -0.25) is 9.69 Å². The lowest BCUT2D eigenvalue weighted by Gasteiger charge is -2.27. The minimum Gasteiger partial charge on any atom is -0.480 e. The molecular weight excluding hydrogens is 212 g/mol. The average molecular weight is 228 g/mol. The SMILES string of the molecule is CC(C#N)N(CC(=O)O)C(=O)OC(C)(C)C. The van der Waals surface area contributed by atoms with E-state index in [1.165, 1.54) is 6.92 Å². The normalized spacial score (nSPS) is 12.4. The van der Waals surface area contributed by atoms with Gasteiger partial charge >= 0.3 is 12.1 Å². The van der Waals surface area contributed by atoms with Crippen LogP contribution in [0.25, 0.3) is 0 Å². The summed E-state index contributed by atoms with van der Waals surface area (Å²) >= 11 is 0. The lowest BCUT2D eigenvalue weighted by Crippen LogP contribution is -2.44. The molecule has 0 aliphatic rings. The fourth-order valence-electron chi connectivity index (χ4n) is 0.896. The zero-order valence-electron chi connectivity index (χ0n) is 9.85. The molecule has 0 saturated carbocycles. The average Bonchev–Trinajstić information content (AvgIpc) is 2.09. The van der Waals surface area contributed by atoms with E-state index in [0.29, 0.717) is 0 Å². The quantitative estimate of drug-likeness (QED) is 0.784. The van der Waals surface area contributed by atoms with Gasteiger partial charge in [-0.25, -0.2) is 4.79 Å². The van der Waals surface area contributed by atoms with Gasteiger partial charge < -0.3 is 9.84 Å². The lowest BCUT2D eigenvalue weighted by molar-refractivity contribution is -0.138.